The van der Waals surface area contributed by atoms with E-state index in [1.165, 1.54) is 6.07 Å². The van der Waals surface area contributed by atoms with Gasteiger partial charge in [-0.1, -0.05) is 18.2 Å². The Bertz CT molecular complexity index is 621. The summed E-state index contributed by atoms with van der Waals surface area (Å²) in [7, 11) is 0. The number of aromatic amines is 1. The molecule has 0 radical (unpaired) electrons. The summed E-state index contributed by atoms with van der Waals surface area (Å²) in [5.74, 6) is -1.82. The van der Waals surface area contributed by atoms with Gasteiger partial charge in [0.25, 0.3) is 5.91 Å². The fraction of sp³-hybridized carbons (Fsp3) is 0.0833. The number of aromatic hydroxyl groups is 1. The molecule has 0 saturated carbocycles. The molecule has 98 valence electrons. The molecule has 0 fully saturated rings. The first kappa shape index (κ1) is 12.6. The Morgan fingerprint density at radius 1 is 1.32 bits per heavy atom. The van der Waals surface area contributed by atoms with Crippen LogP contribution in [0.4, 0.5) is 0 Å². The van der Waals surface area contributed by atoms with E-state index in [-0.39, 0.29) is 23.7 Å². The van der Waals surface area contributed by atoms with E-state index in [0.29, 0.717) is 5.56 Å². The number of nitrogens with one attached hydrogen (secondary N) is 2. The molecule has 1 aromatic heterocycles. The lowest BCUT2D eigenvalue weighted by Crippen LogP contribution is -2.25. The molecule has 0 bridgehead atoms. The molecule has 0 aliphatic rings. The van der Waals surface area contributed by atoms with Crippen molar-refractivity contribution in [3.63, 3.8) is 0 Å². The zero-order chi connectivity index (χ0) is 13.8. The van der Waals surface area contributed by atoms with Crippen LogP contribution < -0.4 is 5.32 Å². The maximum Gasteiger partial charge on any atom is 0.354 e. The molecule has 0 aliphatic carbocycles. The molecule has 0 atom stereocenters. The minimum absolute atomic E-state index is 0.0586. The molecule has 19 heavy (non-hydrogen) atoms. The largest absolute Gasteiger partial charge is 0.508 e. The van der Waals surface area contributed by atoms with Gasteiger partial charge in [0.15, 0.2) is 11.4 Å². The molecule has 4 N–H and O–H groups in total. The third-order valence-corrected chi connectivity index (χ3v) is 2.50. The molecule has 0 aliphatic heterocycles. The summed E-state index contributed by atoms with van der Waals surface area (Å²) in [5, 5.41) is 20.9. The number of hydrogen-bond donors (Lipinski definition) is 4. The third-order valence-electron chi connectivity index (χ3n) is 2.50. The minimum atomic E-state index is -1.26. The maximum atomic E-state index is 11.8. The highest BCUT2D eigenvalue weighted by Crippen LogP contribution is 2.15. The molecule has 1 heterocycles. The molecule has 0 saturated heterocycles. The summed E-state index contributed by atoms with van der Waals surface area (Å²) in [6.45, 7) is 0.0808. The van der Waals surface area contributed by atoms with Crippen molar-refractivity contribution in [1.29, 1.82) is 0 Å². The number of H-pyrrole nitrogens is 1. The standard InChI is InChI=1S/C12H11N3O4/c16-8-4-2-1-3-7(8)5-13-11(17)9-10(12(18)19)15-6-14-9/h1-4,6,16H,5H2,(H,13,17)(H,14,15)(H,18,19). The Kier molecular flexibility index (Phi) is 3.46. The van der Waals surface area contributed by atoms with Gasteiger partial charge in [-0.05, 0) is 6.07 Å². The van der Waals surface area contributed by atoms with Gasteiger partial charge >= 0.3 is 5.97 Å². The number of carboxylic acids is 1. The number of aromatic nitrogens is 2. The first-order valence-corrected chi connectivity index (χ1v) is 5.41. The molecule has 2 aromatic rings. The molecule has 1 aromatic carbocycles. The predicted octanol–water partition coefficient (Wildman–Crippen LogP) is 0.744. The van der Waals surface area contributed by atoms with Crippen LogP contribution in [0.2, 0.25) is 0 Å². The average Bonchev–Trinajstić information content (AvgIpc) is 2.87. The first-order valence-electron chi connectivity index (χ1n) is 5.41. The van der Waals surface area contributed by atoms with Crippen LogP contribution in [0.15, 0.2) is 30.6 Å². The quantitative estimate of drug-likeness (QED) is 0.648. The molecule has 7 nitrogen and oxygen atoms in total. The van der Waals surface area contributed by atoms with Crippen LogP contribution in [0.25, 0.3) is 0 Å². The van der Waals surface area contributed by atoms with E-state index in [1.54, 1.807) is 18.2 Å². The average molecular weight is 261 g/mol. The number of carbonyl (C=O) groups is 2. The first-order chi connectivity index (χ1) is 9.09. The van der Waals surface area contributed by atoms with E-state index in [1.807, 2.05) is 0 Å². The van der Waals surface area contributed by atoms with E-state index in [0.717, 1.165) is 6.33 Å². The van der Waals surface area contributed by atoms with Gasteiger partial charge in [0, 0.05) is 12.1 Å². The van der Waals surface area contributed by atoms with Crippen LogP contribution >= 0.6 is 0 Å². The second-order valence-corrected chi connectivity index (χ2v) is 3.74. The zero-order valence-corrected chi connectivity index (χ0v) is 9.75. The van der Waals surface area contributed by atoms with Gasteiger partial charge in [0.1, 0.15) is 5.75 Å². The molecule has 7 heteroatoms. The highest BCUT2D eigenvalue weighted by Gasteiger charge is 2.19. The van der Waals surface area contributed by atoms with Crippen molar-refractivity contribution in [2.75, 3.05) is 0 Å². The summed E-state index contributed by atoms with van der Waals surface area (Å²) in [4.78, 5) is 28.6. The molecule has 1 amide bonds. The topological polar surface area (TPSA) is 115 Å². The number of imidazole rings is 1. The number of phenolic OH excluding ortho intramolecular Hbond substituents is 1. The van der Waals surface area contributed by atoms with Crippen LogP contribution in [-0.2, 0) is 6.54 Å². The summed E-state index contributed by atoms with van der Waals surface area (Å²) >= 11 is 0. The lowest BCUT2D eigenvalue weighted by Gasteiger charge is -2.05. The maximum absolute atomic E-state index is 11.8. The number of aromatic carboxylic acids is 1. The van der Waals surface area contributed by atoms with E-state index in [2.05, 4.69) is 15.3 Å². The number of para-hydroxylation sites is 1. The van der Waals surface area contributed by atoms with E-state index >= 15 is 0 Å². The summed E-state index contributed by atoms with van der Waals surface area (Å²) in [6.07, 6.45) is 1.14. The Morgan fingerprint density at radius 3 is 2.74 bits per heavy atom. The van der Waals surface area contributed by atoms with Gasteiger partial charge in [-0.3, -0.25) is 4.79 Å². The molecule has 0 unspecified atom stereocenters. The lowest BCUT2D eigenvalue weighted by molar-refractivity contribution is 0.0685. The van der Waals surface area contributed by atoms with Crippen molar-refractivity contribution in [1.82, 2.24) is 15.3 Å². The van der Waals surface area contributed by atoms with Gasteiger partial charge in [-0.2, -0.15) is 0 Å². The van der Waals surface area contributed by atoms with E-state index < -0.39 is 11.9 Å². The van der Waals surface area contributed by atoms with Crippen molar-refractivity contribution >= 4 is 11.9 Å². The normalized spacial score (nSPS) is 10.1. The number of carbonyl (C=O) groups excluding carboxylic acids is 1. The van der Waals surface area contributed by atoms with Gasteiger partial charge in [0.05, 0.1) is 6.33 Å². The second kappa shape index (κ2) is 5.21. The smallest absolute Gasteiger partial charge is 0.354 e. The van der Waals surface area contributed by atoms with Gasteiger partial charge < -0.3 is 20.5 Å². The molecular formula is C12H11N3O4. The van der Waals surface area contributed by atoms with Gasteiger partial charge in [0.2, 0.25) is 0 Å². The number of carboxylic acid groups (broad SMARTS) is 1. The molecule has 2 rings (SSSR count). The number of rotatable bonds is 4. The Hall–Kier alpha value is -2.83. The molecule has 0 spiro atoms. The molecular weight excluding hydrogens is 250 g/mol. The van der Waals surface area contributed by atoms with Crippen LogP contribution in [0.5, 0.6) is 5.75 Å². The highest BCUT2D eigenvalue weighted by molar-refractivity contribution is 6.02. The monoisotopic (exact) mass is 261 g/mol. The van der Waals surface area contributed by atoms with Gasteiger partial charge in [-0.25, -0.2) is 9.78 Å². The van der Waals surface area contributed by atoms with Crippen LogP contribution in [-0.4, -0.2) is 32.1 Å². The number of phenols is 1. The van der Waals surface area contributed by atoms with E-state index in [9.17, 15) is 14.7 Å². The zero-order valence-electron chi connectivity index (χ0n) is 9.75. The SMILES string of the molecule is O=C(NCc1ccccc1O)c1nc[nH]c1C(=O)O. The predicted molar refractivity (Wildman–Crippen MR) is 64.8 cm³/mol. The fourth-order valence-electron chi connectivity index (χ4n) is 1.55. The lowest BCUT2D eigenvalue weighted by atomic mass is 10.2. The summed E-state index contributed by atoms with van der Waals surface area (Å²) in [5.41, 5.74) is 0.0703. The minimum Gasteiger partial charge on any atom is -0.508 e. The van der Waals surface area contributed by atoms with Crippen LogP contribution in [0.3, 0.4) is 0 Å². The van der Waals surface area contributed by atoms with Crippen LogP contribution in [0.1, 0.15) is 26.5 Å². The Morgan fingerprint density at radius 2 is 2.05 bits per heavy atom. The summed E-state index contributed by atoms with van der Waals surface area (Å²) < 4.78 is 0. The summed E-state index contributed by atoms with van der Waals surface area (Å²) in [6, 6.07) is 6.53. The third kappa shape index (κ3) is 2.71. The number of benzene rings is 1. The van der Waals surface area contributed by atoms with E-state index in [4.69, 9.17) is 5.11 Å². The van der Waals surface area contributed by atoms with Crippen LogP contribution in [0, 0.1) is 0 Å². The number of hydrogen-bond acceptors (Lipinski definition) is 4. The number of amides is 1. The van der Waals surface area contributed by atoms with Crippen molar-refractivity contribution in [2.45, 2.75) is 6.54 Å². The van der Waals surface area contributed by atoms with Gasteiger partial charge in [-0.15, -0.1) is 0 Å². The second-order valence-electron chi connectivity index (χ2n) is 3.74. The van der Waals surface area contributed by atoms with Crippen molar-refractivity contribution < 1.29 is 19.8 Å². The Balaban J connectivity index is 2.08. The van der Waals surface area contributed by atoms with Crippen molar-refractivity contribution in [3.8, 4) is 5.75 Å². The fourth-order valence-corrected chi connectivity index (χ4v) is 1.55. The highest BCUT2D eigenvalue weighted by atomic mass is 16.4. The van der Waals surface area contributed by atoms with Crippen molar-refractivity contribution in [2.24, 2.45) is 0 Å². The number of nitrogens with zero attached hydrogens (tertiary/aromatic N) is 1. The van der Waals surface area contributed by atoms with Crippen molar-refractivity contribution in [3.05, 3.63) is 47.5 Å². The Labute approximate surface area is 107 Å².